The molecule has 2 atom stereocenters. The number of hydrogen-bond donors (Lipinski definition) is 0. The van der Waals surface area contributed by atoms with Gasteiger partial charge in [0.1, 0.15) is 5.75 Å². The minimum Gasteiger partial charge on any atom is -0.497 e. The number of carbonyl (C=O) groups excluding carboxylic acids is 1. The van der Waals surface area contributed by atoms with Gasteiger partial charge in [0.15, 0.2) is 5.78 Å². The van der Waals surface area contributed by atoms with Gasteiger partial charge in [-0.25, -0.2) is 0 Å². The molecule has 0 spiro atoms. The van der Waals surface area contributed by atoms with Crippen LogP contribution in [0, 0.1) is 17.8 Å². The molecule has 18 heavy (non-hydrogen) atoms. The number of hydrogen-bond acceptors (Lipinski definition) is 2. The smallest absolute Gasteiger partial charge is 0.165 e. The van der Waals surface area contributed by atoms with Crippen LogP contribution in [0.5, 0.6) is 5.75 Å². The minimum absolute atomic E-state index is 0.206. The molecule has 1 saturated carbocycles. The lowest BCUT2D eigenvalue weighted by Gasteiger charge is -2.30. The molecule has 1 aliphatic carbocycles. The lowest BCUT2D eigenvalue weighted by atomic mass is 9.74. The van der Waals surface area contributed by atoms with E-state index in [1.165, 1.54) is 6.42 Å². The quantitative estimate of drug-likeness (QED) is 0.755. The van der Waals surface area contributed by atoms with E-state index in [0.717, 1.165) is 24.2 Å². The van der Waals surface area contributed by atoms with Crippen molar-refractivity contribution in [3.8, 4) is 5.75 Å². The van der Waals surface area contributed by atoms with Crippen molar-refractivity contribution in [3.63, 3.8) is 0 Å². The van der Waals surface area contributed by atoms with Crippen LogP contribution in [0.4, 0.5) is 0 Å². The Bertz CT molecular complexity index is 398. The highest BCUT2D eigenvalue weighted by Gasteiger charge is 2.29. The molecule has 0 heterocycles. The third-order valence-electron chi connectivity index (χ3n) is 3.92. The van der Waals surface area contributed by atoms with Crippen LogP contribution in [0.1, 0.15) is 43.5 Å². The third kappa shape index (κ3) is 2.92. The standard InChI is InChI=1S/C16H22O2/c1-11-8-12(2)10-14(9-11)16(17)13-4-6-15(18-3)7-5-13/h4-7,11-12,14H,8-10H2,1-3H3. The van der Waals surface area contributed by atoms with Gasteiger partial charge in [-0.05, 0) is 55.4 Å². The molecule has 2 nitrogen and oxygen atoms in total. The molecule has 2 heteroatoms. The molecule has 1 aromatic carbocycles. The van der Waals surface area contributed by atoms with Crippen LogP contribution in [-0.2, 0) is 0 Å². The Kier molecular flexibility index (Phi) is 4.05. The highest BCUT2D eigenvalue weighted by atomic mass is 16.5. The average molecular weight is 246 g/mol. The van der Waals surface area contributed by atoms with E-state index < -0.39 is 0 Å². The first-order valence-corrected chi connectivity index (χ1v) is 6.78. The molecule has 2 rings (SSSR count). The Morgan fingerprint density at radius 2 is 1.61 bits per heavy atom. The van der Waals surface area contributed by atoms with E-state index in [-0.39, 0.29) is 5.92 Å². The number of rotatable bonds is 3. The molecule has 0 amide bonds. The monoisotopic (exact) mass is 246 g/mol. The molecule has 1 fully saturated rings. The van der Waals surface area contributed by atoms with Crippen LogP contribution >= 0.6 is 0 Å². The third-order valence-corrected chi connectivity index (χ3v) is 3.92. The Balaban J connectivity index is 2.09. The average Bonchev–Trinajstić information content (AvgIpc) is 2.37. The summed E-state index contributed by atoms with van der Waals surface area (Å²) < 4.78 is 5.12. The Hall–Kier alpha value is -1.31. The number of Topliss-reactive ketones (excluding diaryl/α,β-unsaturated/α-hetero) is 1. The van der Waals surface area contributed by atoms with E-state index in [9.17, 15) is 4.79 Å². The number of methoxy groups -OCH3 is 1. The zero-order valence-corrected chi connectivity index (χ0v) is 11.5. The van der Waals surface area contributed by atoms with Crippen LogP contribution in [-0.4, -0.2) is 12.9 Å². The molecule has 98 valence electrons. The molecule has 0 N–H and O–H groups in total. The fourth-order valence-corrected chi connectivity index (χ4v) is 3.15. The van der Waals surface area contributed by atoms with Gasteiger partial charge in [-0.3, -0.25) is 4.79 Å². The van der Waals surface area contributed by atoms with Crippen LogP contribution in [0.3, 0.4) is 0 Å². The van der Waals surface area contributed by atoms with E-state index in [1.807, 2.05) is 24.3 Å². The molecule has 0 saturated heterocycles. The predicted molar refractivity (Wildman–Crippen MR) is 73.0 cm³/mol. The molecule has 0 radical (unpaired) electrons. The zero-order valence-electron chi connectivity index (χ0n) is 11.5. The second-order valence-electron chi connectivity index (χ2n) is 5.71. The van der Waals surface area contributed by atoms with Crippen molar-refractivity contribution in [2.75, 3.05) is 7.11 Å². The largest absolute Gasteiger partial charge is 0.497 e. The highest BCUT2D eigenvalue weighted by Crippen LogP contribution is 2.34. The molecule has 2 unspecified atom stereocenters. The van der Waals surface area contributed by atoms with Gasteiger partial charge in [0, 0.05) is 11.5 Å². The lowest BCUT2D eigenvalue weighted by Crippen LogP contribution is -2.26. The van der Waals surface area contributed by atoms with Crippen molar-refractivity contribution < 1.29 is 9.53 Å². The fraction of sp³-hybridized carbons (Fsp3) is 0.562. The zero-order chi connectivity index (χ0) is 13.1. The van der Waals surface area contributed by atoms with Crippen LogP contribution < -0.4 is 4.74 Å². The maximum Gasteiger partial charge on any atom is 0.165 e. The Morgan fingerprint density at radius 3 is 2.11 bits per heavy atom. The Morgan fingerprint density at radius 1 is 1.06 bits per heavy atom. The maximum atomic E-state index is 12.4. The van der Waals surface area contributed by atoms with Crippen molar-refractivity contribution in [2.24, 2.45) is 17.8 Å². The summed E-state index contributed by atoms with van der Waals surface area (Å²) in [5.74, 6) is 2.65. The van der Waals surface area contributed by atoms with E-state index in [0.29, 0.717) is 17.6 Å². The summed E-state index contributed by atoms with van der Waals surface area (Å²) in [6.45, 7) is 4.51. The topological polar surface area (TPSA) is 26.3 Å². The minimum atomic E-state index is 0.206. The first kappa shape index (κ1) is 13.1. The van der Waals surface area contributed by atoms with E-state index >= 15 is 0 Å². The summed E-state index contributed by atoms with van der Waals surface area (Å²) >= 11 is 0. The van der Waals surface area contributed by atoms with Gasteiger partial charge in [-0.15, -0.1) is 0 Å². The summed E-state index contributed by atoms with van der Waals surface area (Å²) in [6.07, 6.45) is 3.33. The summed E-state index contributed by atoms with van der Waals surface area (Å²) in [7, 11) is 1.64. The second kappa shape index (κ2) is 5.55. The molecule has 0 aromatic heterocycles. The lowest BCUT2D eigenvalue weighted by molar-refractivity contribution is 0.0836. The number of benzene rings is 1. The number of ketones is 1. The Labute approximate surface area is 109 Å². The first-order valence-electron chi connectivity index (χ1n) is 6.78. The molecule has 1 aliphatic rings. The molecular formula is C16H22O2. The highest BCUT2D eigenvalue weighted by molar-refractivity contribution is 5.98. The van der Waals surface area contributed by atoms with E-state index in [2.05, 4.69) is 13.8 Å². The van der Waals surface area contributed by atoms with Gasteiger partial charge in [-0.1, -0.05) is 13.8 Å². The van der Waals surface area contributed by atoms with Gasteiger partial charge in [0.2, 0.25) is 0 Å². The van der Waals surface area contributed by atoms with E-state index in [4.69, 9.17) is 4.74 Å². The summed E-state index contributed by atoms with van der Waals surface area (Å²) in [5, 5.41) is 0. The molecule has 0 aliphatic heterocycles. The van der Waals surface area contributed by atoms with Gasteiger partial charge in [-0.2, -0.15) is 0 Å². The van der Waals surface area contributed by atoms with Crippen molar-refractivity contribution in [2.45, 2.75) is 33.1 Å². The first-order chi connectivity index (χ1) is 8.60. The van der Waals surface area contributed by atoms with Crippen LogP contribution in [0.2, 0.25) is 0 Å². The van der Waals surface area contributed by atoms with Crippen molar-refractivity contribution in [3.05, 3.63) is 29.8 Å². The van der Waals surface area contributed by atoms with Crippen LogP contribution in [0.15, 0.2) is 24.3 Å². The molecule has 0 bridgehead atoms. The summed E-state index contributed by atoms with van der Waals surface area (Å²) in [4.78, 5) is 12.4. The van der Waals surface area contributed by atoms with Crippen molar-refractivity contribution >= 4 is 5.78 Å². The van der Waals surface area contributed by atoms with Gasteiger partial charge >= 0.3 is 0 Å². The van der Waals surface area contributed by atoms with Gasteiger partial charge in [0.05, 0.1) is 7.11 Å². The van der Waals surface area contributed by atoms with Crippen molar-refractivity contribution in [1.29, 1.82) is 0 Å². The maximum absolute atomic E-state index is 12.4. The summed E-state index contributed by atoms with van der Waals surface area (Å²) in [5.41, 5.74) is 0.821. The normalized spacial score (nSPS) is 27.8. The van der Waals surface area contributed by atoms with Crippen LogP contribution in [0.25, 0.3) is 0 Å². The SMILES string of the molecule is COc1ccc(C(=O)C2CC(C)CC(C)C2)cc1. The van der Waals surface area contributed by atoms with Gasteiger partial charge in [0.25, 0.3) is 0 Å². The number of ether oxygens (including phenoxy) is 1. The van der Waals surface area contributed by atoms with E-state index in [1.54, 1.807) is 7.11 Å². The van der Waals surface area contributed by atoms with Crippen molar-refractivity contribution in [1.82, 2.24) is 0 Å². The predicted octanol–water partition coefficient (Wildman–Crippen LogP) is 3.95. The second-order valence-corrected chi connectivity index (χ2v) is 5.71. The molecule has 1 aromatic rings. The number of carbonyl (C=O) groups is 1. The van der Waals surface area contributed by atoms with Gasteiger partial charge < -0.3 is 4.74 Å². The fourth-order valence-electron chi connectivity index (χ4n) is 3.15. The summed E-state index contributed by atoms with van der Waals surface area (Å²) in [6, 6.07) is 7.49. The molecular weight excluding hydrogens is 224 g/mol.